The molecule has 9 nitrogen and oxygen atoms in total. The molecule has 0 fully saturated rings. The molecule has 2 aromatic carbocycles. The van der Waals surface area contributed by atoms with Crippen LogP contribution in [0.3, 0.4) is 0 Å². The van der Waals surface area contributed by atoms with Gasteiger partial charge in [-0.3, -0.25) is 0 Å². The van der Waals surface area contributed by atoms with Crippen molar-refractivity contribution in [2.24, 2.45) is 0 Å². The summed E-state index contributed by atoms with van der Waals surface area (Å²) in [5.74, 6) is 0.803. The van der Waals surface area contributed by atoms with Crippen molar-refractivity contribution in [3.05, 3.63) is 66.3 Å². The lowest BCUT2D eigenvalue weighted by atomic mass is 9.97. The number of hydrogen-bond acceptors (Lipinski definition) is 7. The number of aryl methyl sites for hydroxylation is 3. The molecule has 0 bridgehead atoms. The fraction of sp³-hybridized carbons (Fsp3) is 0.192. The van der Waals surface area contributed by atoms with E-state index in [0.717, 1.165) is 34.4 Å². The van der Waals surface area contributed by atoms with Crippen molar-refractivity contribution >= 4 is 22.1 Å². The molecule has 4 heterocycles. The van der Waals surface area contributed by atoms with Gasteiger partial charge in [0, 0.05) is 40.9 Å². The van der Waals surface area contributed by atoms with Crippen LogP contribution < -0.4 is 4.74 Å². The Balaban J connectivity index is 1.52. The molecule has 4 aromatic heterocycles. The summed E-state index contributed by atoms with van der Waals surface area (Å²) >= 11 is 0. The summed E-state index contributed by atoms with van der Waals surface area (Å²) in [5, 5.41) is 17.9. The summed E-state index contributed by atoms with van der Waals surface area (Å²) in [7, 11) is 1.56. The maximum Gasteiger partial charge on any atom is 0.183 e. The fourth-order valence-corrected chi connectivity index (χ4v) is 4.57. The number of fused-ring (bicyclic) bond motifs is 2. The Bertz CT molecular complexity index is 1750. The molecule has 0 aliphatic carbocycles. The monoisotopic (exact) mass is 483 g/mol. The van der Waals surface area contributed by atoms with Crippen LogP contribution in [0, 0.1) is 19.7 Å². The highest BCUT2D eigenvalue weighted by atomic mass is 19.1. The van der Waals surface area contributed by atoms with Crippen LogP contribution >= 0.6 is 0 Å². The van der Waals surface area contributed by atoms with E-state index in [0.29, 0.717) is 39.3 Å². The Morgan fingerprint density at radius 2 is 1.94 bits per heavy atom. The molecule has 180 valence electrons. The highest BCUT2D eigenvalue weighted by molar-refractivity contribution is 5.92. The first-order valence-corrected chi connectivity index (χ1v) is 11.5. The van der Waals surface area contributed by atoms with E-state index in [9.17, 15) is 0 Å². The van der Waals surface area contributed by atoms with Gasteiger partial charge in [-0.1, -0.05) is 11.2 Å². The molecular weight excluding hydrogens is 461 g/mol. The molecule has 0 radical (unpaired) electrons. The third kappa shape index (κ3) is 3.33. The van der Waals surface area contributed by atoms with Crippen LogP contribution in [0.2, 0.25) is 0 Å². The Hall–Kier alpha value is -4.60. The van der Waals surface area contributed by atoms with Crippen molar-refractivity contribution in [3.63, 3.8) is 0 Å². The molecule has 6 aromatic rings. The number of methoxy groups -OCH3 is 1. The molecule has 0 saturated heterocycles. The number of hydrogen-bond donors (Lipinski definition) is 0. The van der Waals surface area contributed by atoms with Crippen molar-refractivity contribution in [2.75, 3.05) is 7.11 Å². The van der Waals surface area contributed by atoms with Crippen LogP contribution in [0.5, 0.6) is 5.75 Å². The maximum absolute atomic E-state index is 15.2. The van der Waals surface area contributed by atoms with E-state index in [1.165, 1.54) is 6.07 Å². The number of benzene rings is 2. The second-order valence-electron chi connectivity index (χ2n) is 8.51. The van der Waals surface area contributed by atoms with Crippen LogP contribution in [0.15, 0.2) is 53.6 Å². The van der Waals surface area contributed by atoms with Gasteiger partial charge >= 0.3 is 0 Å². The lowest BCUT2D eigenvalue weighted by Crippen LogP contribution is -1.96. The second-order valence-corrected chi connectivity index (χ2v) is 8.51. The summed E-state index contributed by atoms with van der Waals surface area (Å²) in [6.07, 6.45) is 5.27. The number of halogens is 1. The highest BCUT2D eigenvalue weighted by Gasteiger charge is 2.19. The molecule has 36 heavy (non-hydrogen) atoms. The molecule has 0 aliphatic rings. The van der Waals surface area contributed by atoms with Gasteiger partial charge in [-0.2, -0.15) is 10.2 Å². The standard InChI is InChI=1S/C26H22FN7O2/c1-5-33-13-28-24-20(11-29-30-26(24)33)16-6-7-21(27)18(8-16)19-9-17-12-34(25-14(2)32-36-15(25)3)31-22(17)10-23(19)35-4/h6-13H,5H2,1-4H3. The minimum Gasteiger partial charge on any atom is -0.496 e. The molecule has 0 amide bonds. The summed E-state index contributed by atoms with van der Waals surface area (Å²) in [6.45, 7) is 6.44. The van der Waals surface area contributed by atoms with Crippen molar-refractivity contribution in [3.8, 4) is 33.7 Å². The summed E-state index contributed by atoms with van der Waals surface area (Å²) in [5.41, 5.74) is 6.18. The molecule has 0 saturated carbocycles. The molecule has 0 atom stereocenters. The Labute approximate surface area is 205 Å². The van der Waals surface area contributed by atoms with Crippen LogP contribution in [0.1, 0.15) is 18.4 Å². The lowest BCUT2D eigenvalue weighted by molar-refractivity contribution is 0.392. The molecular formula is C26H22FN7O2. The zero-order valence-electron chi connectivity index (χ0n) is 20.2. The van der Waals surface area contributed by atoms with Gasteiger partial charge in [-0.25, -0.2) is 14.1 Å². The van der Waals surface area contributed by atoms with Crippen LogP contribution in [0.25, 0.3) is 50.0 Å². The van der Waals surface area contributed by atoms with Gasteiger partial charge in [0.05, 0.1) is 25.2 Å². The van der Waals surface area contributed by atoms with Gasteiger partial charge < -0.3 is 13.8 Å². The largest absolute Gasteiger partial charge is 0.496 e. The van der Waals surface area contributed by atoms with E-state index in [2.05, 4.69) is 25.4 Å². The van der Waals surface area contributed by atoms with Crippen LogP contribution in [-0.4, -0.2) is 41.8 Å². The van der Waals surface area contributed by atoms with Crippen molar-refractivity contribution < 1.29 is 13.7 Å². The number of ether oxygens (including phenoxy) is 1. The quantitative estimate of drug-likeness (QED) is 0.329. The van der Waals surface area contributed by atoms with Crippen LogP contribution in [-0.2, 0) is 6.54 Å². The maximum atomic E-state index is 15.2. The van der Waals surface area contributed by atoms with Gasteiger partial charge in [0.1, 0.15) is 28.5 Å². The van der Waals surface area contributed by atoms with Gasteiger partial charge in [0.25, 0.3) is 0 Å². The van der Waals surface area contributed by atoms with Gasteiger partial charge in [-0.15, -0.1) is 5.10 Å². The number of nitrogens with zero attached hydrogens (tertiary/aromatic N) is 7. The lowest BCUT2D eigenvalue weighted by Gasteiger charge is -2.12. The van der Waals surface area contributed by atoms with Gasteiger partial charge in [0.15, 0.2) is 11.4 Å². The Morgan fingerprint density at radius 1 is 1.08 bits per heavy atom. The SMILES string of the molecule is CCn1cnc2c(-c3ccc(F)c(-c4cc5cn(-c6c(C)noc6C)nc5cc4OC)c3)cnnc21. The van der Waals surface area contributed by atoms with E-state index in [1.54, 1.807) is 42.5 Å². The minimum atomic E-state index is -0.369. The van der Waals surface area contributed by atoms with Crippen molar-refractivity contribution in [2.45, 2.75) is 27.3 Å². The summed E-state index contributed by atoms with van der Waals surface area (Å²) in [6, 6.07) is 8.65. The molecule has 0 N–H and O–H groups in total. The van der Waals surface area contributed by atoms with E-state index in [-0.39, 0.29) is 5.82 Å². The third-order valence-electron chi connectivity index (χ3n) is 6.36. The Morgan fingerprint density at radius 3 is 2.69 bits per heavy atom. The second kappa shape index (κ2) is 8.26. The third-order valence-corrected chi connectivity index (χ3v) is 6.36. The smallest absolute Gasteiger partial charge is 0.183 e. The zero-order valence-corrected chi connectivity index (χ0v) is 20.2. The number of rotatable bonds is 5. The van der Waals surface area contributed by atoms with Crippen LogP contribution in [0.4, 0.5) is 4.39 Å². The van der Waals surface area contributed by atoms with E-state index < -0.39 is 0 Å². The number of aromatic nitrogens is 7. The minimum absolute atomic E-state index is 0.369. The van der Waals surface area contributed by atoms with E-state index >= 15 is 4.39 Å². The van der Waals surface area contributed by atoms with Gasteiger partial charge in [-0.05, 0) is 44.5 Å². The predicted octanol–water partition coefficient (Wildman–Crippen LogP) is 5.27. The summed E-state index contributed by atoms with van der Waals surface area (Å²) < 4.78 is 29.8. The average molecular weight is 484 g/mol. The topological polar surface area (TPSA) is 96.7 Å². The average Bonchev–Trinajstić information content (AvgIpc) is 3.59. The molecule has 0 aliphatic heterocycles. The normalized spacial score (nSPS) is 11.6. The van der Waals surface area contributed by atoms with E-state index in [4.69, 9.17) is 9.26 Å². The van der Waals surface area contributed by atoms with E-state index in [1.807, 2.05) is 37.6 Å². The first-order chi connectivity index (χ1) is 17.5. The zero-order chi connectivity index (χ0) is 25.0. The molecule has 0 unspecified atom stereocenters. The molecule has 6 rings (SSSR count). The first-order valence-electron chi connectivity index (χ1n) is 11.5. The highest BCUT2D eigenvalue weighted by Crippen LogP contribution is 2.38. The van der Waals surface area contributed by atoms with Crippen molar-refractivity contribution in [1.82, 2.24) is 34.7 Å². The Kier molecular flexibility index (Phi) is 5.03. The number of imidazole rings is 1. The predicted molar refractivity (Wildman–Crippen MR) is 133 cm³/mol. The molecule has 10 heteroatoms. The first kappa shape index (κ1) is 21.9. The molecule has 0 spiro atoms. The van der Waals surface area contributed by atoms with Crippen molar-refractivity contribution in [1.29, 1.82) is 0 Å². The fourth-order valence-electron chi connectivity index (χ4n) is 4.57. The van der Waals surface area contributed by atoms with Gasteiger partial charge in [0.2, 0.25) is 0 Å². The summed E-state index contributed by atoms with van der Waals surface area (Å²) in [4.78, 5) is 4.52.